The molecule has 84 valence electrons. The number of nitrogen functional groups attached to an aromatic ring is 1. The van der Waals surface area contributed by atoms with Gasteiger partial charge >= 0.3 is 0 Å². The fourth-order valence-corrected chi connectivity index (χ4v) is 2.21. The van der Waals surface area contributed by atoms with Crippen LogP contribution in [0.1, 0.15) is 24.5 Å². The number of anilines is 1. The highest BCUT2D eigenvalue weighted by Gasteiger charge is 2.18. The van der Waals surface area contributed by atoms with Crippen LogP contribution in [0.4, 0.5) is 5.69 Å². The SMILES string of the molecule is Nc1cnc2cc(C3CCCNC3)nn2c1. The Kier molecular flexibility index (Phi) is 2.25. The van der Waals surface area contributed by atoms with Gasteiger partial charge in [0.05, 0.1) is 23.8 Å². The van der Waals surface area contributed by atoms with Crippen LogP contribution in [0.15, 0.2) is 18.5 Å². The molecule has 3 rings (SSSR count). The van der Waals surface area contributed by atoms with Gasteiger partial charge < -0.3 is 11.1 Å². The third kappa shape index (κ3) is 1.63. The first-order valence-electron chi connectivity index (χ1n) is 5.64. The van der Waals surface area contributed by atoms with Crippen molar-refractivity contribution in [2.45, 2.75) is 18.8 Å². The molecule has 5 heteroatoms. The molecule has 0 radical (unpaired) electrons. The van der Waals surface area contributed by atoms with Gasteiger partial charge in [0.15, 0.2) is 5.65 Å². The molecule has 2 aromatic heterocycles. The summed E-state index contributed by atoms with van der Waals surface area (Å²) in [6, 6.07) is 2.05. The Morgan fingerprint density at radius 2 is 2.44 bits per heavy atom. The first-order valence-corrected chi connectivity index (χ1v) is 5.64. The predicted octanol–water partition coefficient (Wildman–Crippen LogP) is 0.778. The molecule has 0 spiro atoms. The number of fused-ring (bicyclic) bond motifs is 1. The first kappa shape index (κ1) is 9.59. The van der Waals surface area contributed by atoms with Crippen molar-refractivity contribution in [2.75, 3.05) is 18.8 Å². The Hall–Kier alpha value is -1.62. The molecule has 1 atom stereocenters. The maximum absolute atomic E-state index is 5.68. The summed E-state index contributed by atoms with van der Waals surface area (Å²) in [5.41, 5.74) is 8.30. The van der Waals surface area contributed by atoms with Crippen LogP contribution in [-0.2, 0) is 0 Å². The lowest BCUT2D eigenvalue weighted by molar-refractivity contribution is 0.453. The van der Waals surface area contributed by atoms with Gasteiger partial charge in [-0.3, -0.25) is 0 Å². The molecule has 3 N–H and O–H groups in total. The van der Waals surface area contributed by atoms with Crippen LogP contribution in [0.2, 0.25) is 0 Å². The minimum absolute atomic E-state index is 0.511. The van der Waals surface area contributed by atoms with Gasteiger partial charge in [-0.1, -0.05) is 0 Å². The molecule has 1 saturated heterocycles. The second-order valence-electron chi connectivity index (χ2n) is 4.30. The van der Waals surface area contributed by atoms with E-state index >= 15 is 0 Å². The molecular weight excluding hydrogens is 202 g/mol. The van der Waals surface area contributed by atoms with E-state index in [1.807, 2.05) is 6.20 Å². The first-order chi connectivity index (χ1) is 7.83. The number of nitrogens with zero attached hydrogens (tertiary/aromatic N) is 3. The Labute approximate surface area is 93.7 Å². The number of hydrogen-bond donors (Lipinski definition) is 2. The maximum Gasteiger partial charge on any atom is 0.155 e. The molecule has 0 saturated carbocycles. The van der Waals surface area contributed by atoms with E-state index in [-0.39, 0.29) is 0 Å². The van der Waals surface area contributed by atoms with Crippen LogP contribution in [0.3, 0.4) is 0 Å². The number of piperidine rings is 1. The third-order valence-electron chi connectivity index (χ3n) is 3.07. The average Bonchev–Trinajstić information content (AvgIpc) is 2.73. The van der Waals surface area contributed by atoms with Gasteiger partial charge in [0.25, 0.3) is 0 Å². The maximum atomic E-state index is 5.68. The van der Waals surface area contributed by atoms with Crippen molar-refractivity contribution in [1.82, 2.24) is 19.9 Å². The second kappa shape index (κ2) is 3.75. The molecule has 3 heterocycles. The Morgan fingerprint density at radius 1 is 1.50 bits per heavy atom. The van der Waals surface area contributed by atoms with Gasteiger partial charge in [0.2, 0.25) is 0 Å². The van der Waals surface area contributed by atoms with E-state index < -0.39 is 0 Å². The minimum Gasteiger partial charge on any atom is -0.396 e. The van der Waals surface area contributed by atoms with E-state index in [0.29, 0.717) is 11.6 Å². The largest absolute Gasteiger partial charge is 0.396 e. The highest BCUT2D eigenvalue weighted by atomic mass is 15.3. The summed E-state index contributed by atoms with van der Waals surface area (Å²) in [4.78, 5) is 4.25. The molecule has 1 unspecified atom stereocenters. The van der Waals surface area contributed by atoms with Crippen molar-refractivity contribution in [3.8, 4) is 0 Å². The highest BCUT2D eigenvalue weighted by molar-refractivity contribution is 5.45. The summed E-state index contributed by atoms with van der Waals surface area (Å²) in [6.07, 6.45) is 5.89. The average molecular weight is 217 g/mol. The standard InChI is InChI=1S/C11H15N5/c12-9-6-14-11-4-10(15-16(11)7-9)8-2-1-3-13-5-8/h4,6-8,13H,1-3,5,12H2. The lowest BCUT2D eigenvalue weighted by Gasteiger charge is -2.20. The molecule has 0 amide bonds. The molecular formula is C11H15N5. The summed E-state index contributed by atoms with van der Waals surface area (Å²) in [7, 11) is 0. The second-order valence-corrected chi connectivity index (χ2v) is 4.30. The molecule has 1 fully saturated rings. The lowest BCUT2D eigenvalue weighted by atomic mass is 9.96. The molecule has 0 bridgehead atoms. The van der Waals surface area contributed by atoms with Crippen molar-refractivity contribution in [3.63, 3.8) is 0 Å². The smallest absolute Gasteiger partial charge is 0.155 e. The number of nitrogens with two attached hydrogens (primary N) is 1. The van der Waals surface area contributed by atoms with Gasteiger partial charge in [0, 0.05) is 18.5 Å². The molecule has 2 aromatic rings. The van der Waals surface area contributed by atoms with Crippen LogP contribution in [0.5, 0.6) is 0 Å². The fourth-order valence-electron chi connectivity index (χ4n) is 2.21. The van der Waals surface area contributed by atoms with Gasteiger partial charge in [0.1, 0.15) is 0 Å². The van der Waals surface area contributed by atoms with Gasteiger partial charge in [-0.2, -0.15) is 5.10 Å². The molecule has 1 aliphatic rings. The summed E-state index contributed by atoms with van der Waals surface area (Å²) in [5, 5.41) is 7.93. The summed E-state index contributed by atoms with van der Waals surface area (Å²) < 4.78 is 1.76. The van der Waals surface area contributed by atoms with Crippen molar-refractivity contribution in [1.29, 1.82) is 0 Å². The van der Waals surface area contributed by atoms with E-state index in [0.717, 1.165) is 24.4 Å². The van der Waals surface area contributed by atoms with Crippen LogP contribution in [-0.4, -0.2) is 27.7 Å². The molecule has 0 aromatic carbocycles. The van der Waals surface area contributed by atoms with Crippen molar-refractivity contribution in [2.24, 2.45) is 0 Å². The Balaban J connectivity index is 1.97. The fraction of sp³-hybridized carbons (Fsp3) is 0.455. The van der Waals surface area contributed by atoms with Gasteiger partial charge in [-0.05, 0) is 19.4 Å². The quantitative estimate of drug-likeness (QED) is 0.740. The zero-order valence-corrected chi connectivity index (χ0v) is 9.06. The summed E-state index contributed by atoms with van der Waals surface area (Å²) >= 11 is 0. The van der Waals surface area contributed by atoms with Crippen LogP contribution in [0.25, 0.3) is 5.65 Å². The van der Waals surface area contributed by atoms with Crippen LogP contribution >= 0.6 is 0 Å². The Morgan fingerprint density at radius 3 is 3.25 bits per heavy atom. The van der Waals surface area contributed by atoms with E-state index in [9.17, 15) is 0 Å². The van der Waals surface area contributed by atoms with Gasteiger partial charge in [-0.25, -0.2) is 9.50 Å². The number of aromatic nitrogens is 3. The Bertz CT molecular complexity index is 498. The zero-order valence-electron chi connectivity index (χ0n) is 9.06. The number of hydrogen-bond acceptors (Lipinski definition) is 4. The van der Waals surface area contributed by atoms with Crippen molar-refractivity contribution < 1.29 is 0 Å². The number of rotatable bonds is 1. The third-order valence-corrected chi connectivity index (χ3v) is 3.07. The highest BCUT2D eigenvalue weighted by Crippen LogP contribution is 2.22. The lowest BCUT2D eigenvalue weighted by Crippen LogP contribution is -2.28. The molecule has 16 heavy (non-hydrogen) atoms. The van der Waals surface area contributed by atoms with Crippen molar-refractivity contribution in [3.05, 3.63) is 24.2 Å². The monoisotopic (exact) mass is 217 g/mol. The van der Waals surface area contributed by atoms with E-state index in [4.69, 9.17) is 5.73 Å². The zero-order chi connectivity index (χ0) is 11.0. The van der Waals surface area contributed by atoms with Crippen molar-refractivity contribution >= 4 is 11.3 Å². The van der Waals surface area contributed by atoms with Crippen LogP contribution in [0, 0.1) is 0 Å². The summed E-state index contributed by atoms with van der Waals surface area (Å²) in [5.74, 6) is 0.511. The van der Waals surface area contributed by atoms with Gasteiger partial charge in [-0.15, -0.1) is 0 Å². The normalized spacial score (nSPS) is 21.4. The topological polar surface area (TPSA) is 68.2 Å². The molecule has 0 aliphatic carbocycles. The summed E-state index contributed by atoms with van der Waals surface area (Å²) in [6.45, 7) is 2.13. The number of nitrogens with one attached hydrogen (secondary N) is 1. The van der Waals surface area contributed by atoms with E-state index in [2.05, 4.69) is 21.5 Å². The van der Waals surface area contributed by atoms with E-state index in [1.54, 1.807) is 10.7 Å². The minimum atomic E-state index is 0.511. The molecule has 5 nitrogen and oxygen atoms in total. The molecule has 1 aliphatic heterocycles. The van der Waals surface area contributed by atoms with Crippen LogP contribution < -0.4 is 11.1 Å². The predicted molar refractivity (Wildman–Crippen MR) is 62.2 cm³/mol. The van der Waals surface area contributed by atoms with E-state index in [1.165, 1.54) is 12.8 Å².